The Hall–Kier alpha value is 0.680. The molecule has 0 rings (SSSR count). The van der Waals surface area contributed by atoms with E-state index < -0.39 is 0 Å². The van der Waals surface area contributed by atoms with Gasteiger partial charge in [0.05, 0.1) is 0 Å². The van der Waals surface area contributed by atoms with Gasteiger partial charge in [-0.15, -0.1) is 0 Å². The molecule has 16 N–H and O–H groups in total. The van der Waals surface area contributed by atoms with Crippen LogP contribution in [0.2, 0.25) is 0 Å². The topological polar surface area (TPSA) is 252 Å². The van der Waals surface area contributed by atoms with E-state index in [1.54, 1.807) is 0 Å². The molecular formula is H16NaO8. The summed E-state index contributed by atoms with van der Waals surface area (Å²) in [6.45, 7) is 0. The van der Waals surface area contributed by atoms with Crippen molar-refractivity contribution >= 4 is 29.6 Å². The molecule has 0 spiro atoms. The minimum atomic E-state index is 0. The van der Waals surface area contributed by atoms with Crippen LogP contribution in [0.4, 0.5) is 0 Å². The van der Waals surface area contributed by atoms with Crippen LogP contribution in [0.1, 0.15) is 0 Å². The molecule has 0 saturated heterocycles. The molecule has 65 valence electrons. The van der Waals surface area contributed by atoms with Gasteiger partial charge in [-0.05, 0) is 0 Å². The van der Waals surface area contributed by atoms with E-state index in [2.05, 4.69) is 0 Å². The molecule has 9 heteroatoms. The Balaban J connectivity index is 0. The van der Waals surface area contributed by atoms with E-state index >= 15 is 0 Å². The van der Waals surface area contributed by atoms with Gasteiger partial charge in [-0.1, -0.05) is 0 Å². The molecule has 0 atom stereocenters. The van der Waals surface area contributed by atoms with Crippen LogP contribution in [0.3, 0.4) is 0 Å². The second kappa shape index (κ2) is 1110. The SMILES string of the molecule is O.O.O.O.O.O.O.O.[Na]. The van der Waals surface area contributed by atoms with Gasteiger partial charge in [0.2, 0.25) is 0 Å². The molecule has 0 aliphatic heterocycles. The van der Waals surface area contributed by atoms with E-state index in [1.165, 1.54) is 0 Å². The summed E-state index contributed by atoms with van der Waals surface area (Å²) in [4.78, 5) is 0. The Morgan fingerprint density at radius 1 is 0.222 bits per heavy atom. The van der Waals surface area contributed by atoms with E-state index in [0.29, 0.717) is 0 Å². The molecule has 0 aliphatic rings. The molecule has 0 aromatic heterocycles. The van der Waals surface area contributed by atoms with E-state index in [0.717, 1.165) is 0 Å². The molecule has 0 heterocycles. The zero-order valence-corrected chi connectivity index (χ0v) is 7.00. The van der Waals surface area contributed by atoms with Gasteiger partial charge < -0.3 is 43.8 Å². The van der Waals surface area contributed by atoms with Crippen LogP contribution in [0, 0.1) is 0 Å². The maximum absolute atomic E-state index is 0. The van der Waals surface area contributed by atoms with Gasteiger partial charge in [0.1, 0.15) is 0 Å². The number of rotatable bonds is 0. The summed E-state index contributed by atoms with van der Waals surface area (Å²) >= 11 is 0. The maximum Gasteiger partial charge on any atom is 0 e. The van der Waals surface area contributed by atoms with Crippen molar-refractivity contribution in [3.8, 4) is 0 Å². The molecule has 0 aromatic carbocycles. The van der Waals surface area contributed by atoms with Crippen molar-refractivity contribution < 1.29 is 43.8 Å². The Morgan fingerprint density at radius 2 is 0.222 bits per heavy atom. The molecule has 0 fully saturated rings. The third kappa shape index (κ3) is 838. The van der Waals surface area contributed by atoms with Gasteiger partial charge >= 0.3 is 0 Å². The van der Waals surface area contributed by atoms with Gasteiger partial charge in [-0.2, -0.15) is 0 Å². The first kappa shape index (κ1) is 1580. The fraction of sp³-hybridized carbons (Fsp3) is 0. The molecular weight excluding hydrogens is 151 g/mol. The van der Waals surface area contributed by atoms with Crippen molar-refractivity contribution in [3.63, 3.8) is 0 Å². The normalized spacial score (nSPS) is 0. The first-order valence-electron chi connectivity index (χ1n) is 0. The van der Waals surface area contributed by atoms with Gasteiger partial charge in [-0.3, -0.25) is 0 Å². The van der Waals surface area contributed by atoms with E-state index in [1.807, 2.05) is 0 Å². The summed E-state index contributed by atoms with van der Waals surface area (Å²) in [5.41, 5.74) is 0. The summed E-state index contributed by atoms with van der Waals surface area (Å²) < 4.78 is 0. The second-order valence-corrected chi connectivity index (χ2v) is 0. The molecule has 0 bridgehead atoms. The minimum absolute atomic E-state index is 0. The van der Waals surface area contributed by atoms with Crippen LogP contribution in [-0.4, -0.2) is 73.4 Å². The van der Waals surface area contributed by atoms with Crippen molar-refractivity contribution in [2.75, 3.05) is 0 Å². The molecule has 0 amide bonds. The molecule has 0 saturated carbocycles. The maximum atomic E-state index is 0. The zero-order chi connectivity index (χ0) is 0. The molecule has 0 unspecified atom stereocenters. The van der Waals surface area contributed by atoms with Crippen molar-refractivity contribution in [2.24, 2.45) is 0 Å². The quantitative estimate of drug-likeness (QED) is 0.304. The summed E-state index contributed by atoms with van der Waals surface area (Å²) in [7, 11) is 0. The van der Waals surface area contributed by atoms with Crippen molar-refractivity contribution in [2.45, 2.75) is 0 Å². The predicted molar refractivity (Wildman–Crippen MR) is 34.7 cm³/mol. The standard InChI is InChI=1S/Na.8H2O/h;8*1H2. The third-order valence-electron chi connectivity index (χ3n) is 0. The summed E-state index contributed by atoms with van der Waals surface area (Å²) in [5.74, 6) is 0. The zero-order valence-electron chi connectivity index (χ0n) is 5.00. The fourth-order valence-electron chi connectivity index (χ4n) is 0. The van der Waals surface area contributed by atoms with E-state index in [4.69, 9.17) is 0 Å². The summed E-state index contributed by atoms with van der Waals surface area (Å²) in [6, 6.07) is 0. The monoisotopic (exact) mass is 167 g/mol. The number of hydrogen-bond acceptors (Lipinski definition) is 0. The van der Waals surface area contributed by atoms with Crippen molar-refractivity contribution in [1.29, 1.82) is 0 Å². The Kier molecular flexibility index (Phi) is 194000. The molecule has 9 heavy (non-hydrogen) atoms. The van der Waals surface area contributed by atoms with Gasteiger partial charge in [0, 0.05) is 29.6 Å². The largest absolute Gasteiger partial charge is 0.412 e. The van der Waals surface area contributed by atoms with Crippen molar-refractivity contribution in [1.82, 2.24) is 0 Å². The average Bonchev–Trinajstić information content (AvgIpc) is 0. The minimum Gasteiger partial charge on any atom is -0.412 e. The molecule has 0 aliphatic carbocycles. The van der Waals surface area contributed by atoms with Crippen LogP contribution in [0.15, 0.2) is 0 Å². The average molecular weight is 167 g/mol. The van der Waals surface area contributed by atoms with Gasteiger partial charge in [0.25, 0.3) is 0 Å². The summed E-state index contributed by atoms with van der Waals surface area (Å²) in [5, 5.41) is 0. The molecule has 0 aromatic rings. The van der Waals surface area contributed by atoms with Crippen molar-refractivity contribution in [3.05, 3.63) is 0 Å². The fourth-order valence-corrected chi connectivity index (χ4v) is 0. The predicted octanol–water partition coefficient (Wildman–Crippen LogP) is -6.98. The van der Waals surface area contributed by atoms with Crippen LogP contribution < -0.4 is 0 Å². The van der Waals surface area contributed by atoms with Gasteiger partial charge in [0.15, 0.2) is 0 Å². The first-order chi connectivity index (χ1) is 0. The van der Waals surface area contributed by atoms with Gasteiger partial charge in [-0.25, -0.2) is 0 Å². The number of hydrogen-bond donors (Lipinski definition) is 0. The van der Waals surface area contributed by atoms with E-state index in [9.17, 15) is 0 Å². The van der Waals surface area contributed by atoms with Crippen LogP contribution in [0.5, 0.6) is 0 Å². The van der Waals surface area contributed by atoms with Crippen LogP contribution in [0.25, 0.3) is 0 Å². The Morgan fingerprint density at radius 3 is 0.222 bits per heavy atom. The Labute approximate surface area is 73.6 Å². The Bertz CT molecular complexity index is 4.53. The second-order valence-electron chi connectivity index (χ2n) is 0. The van der Waals surface area contributed by atoms with Crippen LogP contribution in [-0.2, 0) is 0 Å². The summed E-state index contributed by atoms with van der Waals surface area (Å²) in [6.07, 6.45) is 0. The van der Waals surface area contributed by atoms with E-state index in [-0.39, 0.29) is 73.4 Å². The first-order valence-corrected chi connectivity index (χ1v) is 0. The smallest absolute Gasteiger partial charge is 0 e. The van der Waals surface area contributed by atoms with Crippen LogP contribution >= 0.6 is 0 Å². The molecule has 1 radical (unpaired) electrons. The third-order valence-corrected chi connectivity index (χ3v) is 0. The molecule has 8 nitrogen and oxygen atoms in total.